The minimum Gasteiger partial charge on any atom is -0.496 e. The highest BCUT2D eigenvalue weighted by molar-refractivity contribution is 6.04. The number of hydrogen-bond acceptors (Lipinski definition) is 6. The van der Waals surface area contributed by atoms with Crippen molar-refractivity contribution in [1.29, 1.82) is 0 Å². The molecular formula is C33H34FN5O5. The van der Waals surface area contributed by atoms with Gasteiger partial charge in [-0.3, -0.25) is 19.0 Å². The van der Waals surface area contributed by atoms with Crippen molar-refractivity contribution in [2.75, 3.05) is 19.0 Å². The van der Waals surface area contributed by atoms with Gasteiger partial charge in [0.2, 0.25) is 5.91 Å². The molecule has 3 N–H and O–H groups in total. The first-order chi connectivity index (χ1) is 21.0. The minimum atomic E-state index is -0.682. The Bertz CT molecular complexity index is 1910. The number of methoxy groups -OCH3 is 1. The van der Waals surface area contributed by atoms with Gasteiger partial charge in [-0.1, -0.05) is 30.3 Å². The first kappa shape index (κ1) is 30.4. The number of amides is 2. The average molecular weight is 600 g/mol. The Morgan fingerprint density at radius 2 is 1.70 bits per heavy atom. The molecule has 4 aromatic rings. The van der Waals surface area contributed by atoms with Gasteiger partial charge in [0, 0.05) is 57.1 Å². The second-order valence-corrected chi connectivity index (χ2v) is 10.9. The Labute approximate surface area is 253 Å². The zero-order valence-corrected chi connectivity index (χ0v) is 25.2. The number of nitrogens with one attached hydrogen (secondary N) is 3. The molecule has 1 aliphatic heterocycles. The predicted molar refractivity (Wildman–Crippen MR) is 166 cm³/mol. The summed E-state index contributed by atoms with van der Waals surface area (Å²) in [7, 11) is 4.30. The number of ether oxygens (including phenoxy) is 1. The summed E-state index contributed by atoms with van der Waals surface area (Å²) in [6.07, 6.45) is 1.58. The van der Waals surface area contributed by atoms with Crippen molar-refractivity contribution in [3.63, 3.8) is 0 Å². The highest BCUT2D eigenvalue weighted by Crippen LogP contribution is 2.37. The first-order valence-electron chi connectivity index (χ1n) is 14.1. The number of halogens is 1. The molecule has 5 rings (SSSR count). The van der Waals surface area contributed by atoms with E-state index in [1.807, 2.05) is 38.1 Å². The highest BCUT2D eigenvalue weighted by atomic mass is 19.1. The number of carbonyl (C=O) groups is 2. The van der Waals surface area contributed by atoms with E-state index < -0.39 is 23.0 Å². The molecule has 0 saturated carbocycles. The fourth-order valence-electron chi connectivity index (χ4n) is 5.57. The topological polar surface area (TPSA) is 123 Å². The van der Waals surface area contributed by atoms with Crippen molar-refractivity contribution in [1.82, 2.24) is 19.8 Å². The third-order valence-electron chi connectivity index (χ3n) is 8.13. The lowest BCUT2D eigenvalue weighted by molar-refractivity contribution is -0.119. The summed E-state index contributed by atoms with van der Waals surface area (Å²) in [4.78, 5) is 49.3. The third-order valence-corrected chi connectivity index (χ3v) is 8.13. The number of anilines is 1. The Balaban J connectivity index is 1.46. The van der Waals surface area contributed by atoms with Crippen LogP contribution in [0, 0.1) is 19.7 Å². The molecule has 1 aliphatic rings. The number of hydrogen-bond donors (Lipinski definition) is 3. The largest absolute Gasteiger partial charge is 0.496 e. The molecule has 228 valence electrons. The Hall–Kier alpha value is -5.03. The van der Waals surface area contributed by atoms with E-state index in [-0.39, 0.29) is 24.1 Å². The van der Waals surface area contributed by atoms with Crippen LogP contribution in [0.3, 0.4) is 0 Å². The van der Waals surface area contributed by atoms with E-state index in [0.29, 0.717) is 35.5 Å². The van der Waals surface area contributed by atoms with Gasteiger partial charge in [-0.2, -0.15) is 0 Å². The van der Waals surface area contributed by atoms with Crippen molar-refractivity contribution in [3.8, 4) is 28.0 Å². The summed E-state index contributed by atoms with van der Waals surface area (Å²) in [5.41, 5.74) is 4.40. The van der Waals surface area contributed by atoms with Gasteiger partial charge in [0.15, 0.2) is 0 Å². The fraction of sp³-hybridized carbons (Fsp3) is 0.273. The molecule has 0 unspecified atom stereocenters. The molecule has 1 aromatic heterocycles. The number of rotatable bonds is 8. The molecule has 44 heavy (non-hydrogen) atoms. The van der Waals surface area contributed by atoms with E-state index in [2.05, 4.69) is 16.0 Å². The van der Waals surface area contributed by atoms with Crippen LogP contribution in [0.4, 0.5) is 10.1 Å². The van der Waals surface area contributed by atoms with Crippen LogP contribution in [0.25, 0.3) is 22.3 Å². The third kappa shape index (κ3) is 5.78. The Kier molecular flexibility index (Phi) is 8.50. The van der Waals surface area contributed by atoms with Crippen molar-refractivity contribution in [2.24, 2.45) is 14.1 Å². The van der Waals surface area contributed by atoms with Crippen molar-refractivity contribution in [2.45, 2.75) is 32.9 Å². The maximum absolute atomic E-state index is 15.5. The first-order valence-corrected chi connectivity index (χ1v) is 14.1. The van der Waals surface area contributed by atoms with Gasteiger partial charge >= 0.3 is 5.69 Å². The van der Waals surface area contributed by atoms with Crippen LogP contribution in [0.2, 0.25) is 0 Å². The van der Waals surface area contributed by atoms with Gasteiger partial charge in [-0.05, 0) is 65.4 Å². The Morgan fingerprint density at radius 3 is 2.39 bits per heavy atom. The standard InChI is InChI=1S/C33H34FN5O5/c1-18-22(20-12-27(34)25(29(13-20)44-5)16-35-21-14-30(40)36-15-21)8-6-9-23(18)24-10-7-11-28(19(24)2)37-31(41)26-17-38(3)33(43)39(4)32(26)42/h6-13,17,21,35H,14-16H2,1-5H3,(H,36,40)(H,37,41)/t21-/m1/s1. The van der Waals surface area contributed by atoms with E-state index >= 15 is 4.39 Å². The highest BCUT2D eigenvalue weighted by Gasteiger charge is 2.23. The molecule has 1 fully saturated rings. The summed E-state index contributed by atoms with van der Waals surface area (Å²) in [5.74, 6) is -0.668. The molecule has 2 heterocycles. The van der Waals surface area contributed by atoms with Crippen molar-refractivity contribution < 1.29 is 18.7 Å². The van der Waals surface area contributed by atoms with Crippen LogP contribution in [-0.4, -0.2) is 40.6 Å². The summed E-state index contributed by atoms with van der Waals surface area (Å²) in [6, 6.07) is 14.5. The SMILES string of the molecule is COc1cc(-c2cccc(-c3cccc(NC(=O)c4cn(C)c(=O)n(C)c4=O)c3C)c2C)cc(F)c1CN[C@H]1CNC(=O)C1. The summed E-state index contributed by atoms with van der Waals surface area (Å²) in [5, 5.41) is 8.81. The van der Waals surface area contributed by atoms with Crippen LogP contribution in [0.15, 0.2) is 64.3 Å². The summed E-state index contributed by atoms with van der Waals surface area (Å²) < 4.78 is 23.1. The van der Waals surface area contributed by atoms with Crippen molar-refractivity contribution in [3.05, 3.63) is 104 Å². The molecule has 1 atom stereocenters. The zero-order chi connectivity index (χ0) is 31.7. The molecule has 0 radical (unpaired) electrons. The molecule has 2 amide bonds. The number of benzene rings is 3. The van der Waals surface area contributed by atoms with Gasteiger partial charge in [0.1, 0.15) is 17.1 Å². The number of aryl methyl sites for hydroxylation is 1. The van der Waals surface area contributed by atoms with Crippen LogP contribution < -0.4 is 31.9 Å². The molecule has 11 heteroatoms. The lowest BCUT2D eigenvalue weighted by Crippen LogP contribution is -2.40. The monoisotopic (exact) mass is 599 g/mol. The van der Waals surface area contributed by atoms with Gasteiger partial charge < -0.3 is 25.3 Å². The van der Waals surface area contributed by atoms with Crippen LogP contribution in [0.1, 0.15) is 33.5 Å². The number of aromatic nitrogens is 2. The number of nitrogens with zero attached hydrogens (tertiary/aromatic N) is 2. The maximum atomic E-state index is 15.5. The molecular weight excluding hydrogens is 565 g/mol. The van der Waals surface area contributed by atoms with Crippen LogP contribution >= 0.6 is 0 Å². The van der Waals surface area contributed by atoms with Gasteiger partial charge in [0.25, 0.3) is 11.5 Å². The normalized spacial score (nSPS) is 14.4. The van der Waals surface area contributed by atoms with Gasteiger partial charge in [-0.15, -0.1) is 0 Å². The van der Waals surface area contributed by atoms with Crippen LogP contribution in [0.5, 0.6) is 5.75 Å². The van der Waals surface area contributed by atoms with Crippen LogP contribution in [-0.2, 0) is 25.4 Å². The predicted octanol–water partition coefficient (Wildman–Crippen LogP) is 3.41. The second-order valence-electron chi connectivity index (χ2n) is 10.9. The van der Waals surface area contributed by atoms with E-state index in [4.69, 9.17) is 4.74 Å². The Morgan fingerprint density at radius 1 is 1.02 bits per heavy atom. The van der Waals surface area contributed by atoms with E-state index in [0.717, 1.165) is 32.4 Å². The average Bonchev–Trinajstić information content (AvgIpc) is 3.43. The lowest BCUT2D eigenvalue weighted by Gasteiger charge is -2.18. The van der Waals surface area contributed by atoms with Crippen molar-refractivity contribution >= 4 is 17.5 Å². The van der Waals surface area contributed by atoms with E-state index in [9.17, 15) is 19.2 Å². The number of carbonyl (C=O) groups excluding carboxylic acids is 2. The molecule has 0 spiro atoms. The molecule has 1 saturated heterocycles. The fourth-order valence-corrected chi connectivity index (χ4v) is 5.57. The summed E-state index contributed by atoms with van der Waals surface area (Å²) in [6.45, 7) is 4.54. The molecule has 0 bridgehead atoms. The van der Waals surface area contributed by atoms with E-state index in [1.54, 1.807) is 18.2 Å². The minimum absolute atomic E-state index is 0.0288. The maximum Gasteiger partial charge on any atom is 0.330 e. The van der Waals surface area contributed by atoms with E-state index in [1.165, 1.54) is 38.0 Å². The van der Waals surface area contributed by atoms with Gasteiger partial charge in [-0.25, -0.2) is 9.18 Å². The molecule has 3 aromatic carbocycles. The zero-order valence-electron chi connectivity index (χ0n) is 25.2. The quantitative estimate of drug-likeness (QED) is 0.285. The molecule has 10 nitrogen and oxygen atoms in total. The second kappa shape index (κ2) is 12.3. The van der Waals surface area contributed by atoms with Gasteiger partial charge in [0.05, 0.1) is 7.11 Å². The smallest absolute Gasteiger partial charge is 0.330 e. The molecule has 0 aliphatic carbocycles. The lowest BCUT2D eigenvalue weighted by atomic mass is 9.90. The summed E-state index contributed by atoms with van der Waals surface area (Å²) >= 11 is 0.